The van der Waals surface area contributed by atoms with Crippen molar-refractivity contribution in [2.24, 2.45) is 0 Å². The maximum absolute atomic E-state index is 13.3. The molecule has 1 aliphatic heterocycles. The number of nitrogens with zero attached hydrogens (tertiary/aromatic N) is 2. The van der Waals surface area contributed by atoms with Crippen molar-refractivity contribution in [1.82, 2.24) is 10.2 Å². The van der Waals surface area contributed by atoms with Gasteiger partial charge in [0.2, 0.25) is 5.91 Å². The van der Waals surface area contributed by atoms with E-state index in [0.717, 1.165) is 51.2 Å². The minimum atomic E-state index is -4.47. The van der Waals surface area contributed by atoms with Gasteiger partial charge in [-0.1, -0.05) is 67.2 Å². The van der Waals surface area contributed by atoms with Gasteiger partial charge in [0.1, 0.15) is 0 Å². The molecule has 0 bridgehead atoms. The first-order valence-corrected chi connectivity index (χ1v) is 14.3. The van der Waals surface area contributed by atoms with Crippen molar-refractivity contribution in [2.75, 3.05) is 18.0 Å². The number of carbonyl (C=O) groups is 2. The lowest BCUT2D eigenvalue weighted by atomic mass is 9.91. The lowest BCUT2D eigenvalue weighted by Gasteiger charge is -2.38. The number of amides is 2. The predicted molar refractivity (Wildman–Crippen MR) is 163 cm³/mol. The van der Waals surface area contributed by atoms with Crippen LogP contribution in [-0.2, 0) is 23.9 Å². The highest BCUT2D eigenvalue weighted by molar-refractivity contribution is 5.87. The molecule has 0 spiro atoms. The number of hydrogen-bond acceptors (Lipinski definition) is 3. The molecule has 6 rings (SSSR count). The Morgan fingerprint density at radius 3 is 2.16 bits per heavy atom. The molecule has 1 atom stereocenters. The van der Waals surface area contributed by atoms with Crippen LogP contribution in [0.2, 0.25) is 0 Å². The van der Waals surface area contributed by atoms with Gasteiger partial charge < -0.3 is 20.2 Å². The quantitative estimate of drug-likeness (QED) is 0.218. The first-order valence-electron chi connectivity index (χ1n) is 14.3. The molecule has 1 aliphatic carbocycles. The van der Waals surface area contributed by atoms with Crippen LogP contribution in [0.4, 0.5) is 29.3 Å². The first kappa shape index (κ1) is 29.0. The van der Waals surface area contributed by atoms with Gasteiger partial charge in [-0.15, -0.1) is 0 Å². The van der Waals surface area contributed by atoms with E-state index in [1.54, 1.807) is 0 Å². The number of nitrogens with one attached hydrogen (secondary N) is 1. The lowest BCUT2D eigenvalue weighted by molar-refractivity contribution is -0.137. The van der Waals surface area contributed by atoms with E-state index in [1.165, 1.54) is 23.1 Å². The highest BCUT2D eigenvalue weighted by Crippen LogP contribution is 2.45. The van der Waals surface area contributed by atoms with E-state index in [4.69, 9.17) is 0 Å². The molecule has 0 aromatic heterocycles. The predicted octanol–water partition coefficient (Wildman–Crippen LogP) is 7.36. The molecule has 4 aromatic rings. The lowest BCUT2D eigenvalue weighted by Crippen LogP contribution is -2.47. The summed E-state index contributed by atoms with van der Waals surface area (Å²) in [5.41, 5.74) is 6.48. The minimum absolute atomic E-state index is 0.0995. The Hall–Kier alpha value is -5.05. The number of fused-ring (bicyclic) bond motifs is 4. The summed E-state index contributed by atoms with van der Waals surface area (Å²) >= 11 is 0. The second-order valence-electron chi connectivity index (χ2n) is 11.1. The Bertz CT molecular complexity index is 1690. The SMILES string of the molecule is C=CC(=O)NC1Cc2c(CN(CC3c4ccccc4-c4ccccc43)C(=O)O)cccc2N(c2ccc(C(F)(F)F)cc2)C1. The molecule has 224 valence electrons. The van der Waals surface area contributed by atoms with Gasteiger partial charge in [-0.2, -0.15) is 13.2 Å². The fraction of sp³-hybridized carbons (Fsp3) is 0.200. The molecule has 4 aromatic carbocycles. The average Bonchev–Trinajstić information content (AvgIpc) is 3.33. The Balaban J connectivity index is 1.35. The molecule has 1 unspecified atom stereocenters. The van der Waals surface area contributed by atoms with E-state index in [0.29, 0.717) is 18.7 Å². The summed E-state index contributed by atoms with van der Waals surface area (Å²) in [4.78, 5) is 28.2. The third-order valence-electron chi connectivity index (χ3n) is 8.43. The van der Waals surface area contributed by atoms with Crippen molar-refractivity contribution < 1.29 is 27.9 Å². The van der Waals surface area contributed by atoms with Crippen molar-refractivity contribution in [2.45, 2.75) is 31.1 Å². The molecular weight excluding hydrogens is 567 g/mol. The van der Waals surface area contributed by atoms with E-state index in [-0.39, 0.29) is 31.0 Å². The molecular formula is C35H30F3N3O3. The standard InChI is InChI=1S/C35H30F3N3O3/c1-2-33(42)39-24-18-30-22(8-7-13-32(30)41(20-24)25-16-14-23(15-17-25)35(36,37)38)19-40(34(43)44)21-31-28-11-5-3-9-26(28)27-10-4-6-12-29(27)31/h2-17,24,31H,1,18-21H2,(H,39,42)(H,43,44). The van der Waals surface area contributed by atoms with Crippen LogP contribution < -0.4 is 10.2 Å². The van der Waals surface area contributed by atoms with E-state index in [1.807, 2.05) is 59.5 Å². The van der Waals surface area contributed by atoms with Crippen LogP contribution in [0, 0.1) is 0 Å². The zero-order valence-corrected chi connectivity index (χ0v) is 23.7. The Kier molecular flexibility index (Phi) is 7.63. The highest BCUT2D eigenvalue weighted by Gasteiger charge is 2.34. The molecule has 44 heavy (non-hydrogen) atoms. The smallest absolute Gasteiger partial charge is 0.416 e. The summed E-state index contributed by atoms with van der Waals surface area (Å²) in [6.07, 6.45) is -3.93. The number of carboxylic acid groups (broad SMARTS) is 1. The van der Waals surface area contributed by atoms with Gasteiger partial charge in [0.25, 0.3) is 0 Å². The highest BCUT2D eigenvalue weighted by atomic mass is 19.4. The minimum Gasteiger partial charge on any atom is -0.465 e. The van der Waals surface area contributed by atoms with Crippen LogP contribution in [0.25, 0.3) is 11.1 Å². The monoisotopic (exact) mass is 597 g/mol. The molecule has 1 heterocycles. The Morgan fingerprint density at radius 1 is 0.932 bits per heavy atom. The summed E-state index contributed by atoms with van der Waals surface area (Å²) in [5.74, 6) is -0.504. The van der Waals surface area contributed by atoms with E-state index < -0.39 is 17.8 Å². The summed E-state index contributed by atoms with van der Waals surface area (Å²) in [6.45, 7) is 4.19. The zero-order chi connectivity index (χ0) is 31.0. The molecule has 2 N–H and O–H groups in total. The van der Waals surface area contributed by atoms with Gasteiger partial charge in [-0.3, -0.25) is 4.79 Å². The number of rotatable bonds is 7. The van der Waals surface area contributed by atoms with Gasteiger partial charge >= 0.3 is 12.3 Å². The van der Waals surface area contributed by atoms with Crippen LogP contribution in [0.1, 0.15) is 33.7 Å². The van der Waals surface area contributed by atoms with Crippen LogP contribution in [0.3, 0.4) is 0 Å². The fourth-order valence-corrected chi connectivity index (χ4v) is 6.41. The van der Waals surface area contributed by atoms with Crippen molar-refractivity contribution in [3.63, 3.8) is 0 Å². The largest absolute Gasteiger partial charge is 0.465 e. The number of anilines is 2. The number of benzene rings is 4. The number of carbonyl (C=O) groups excluding carboxylic acids is 1. The van der Waals surface area contributed by atoms with Gasteiger partial charge in [0, 0.05) is 36.9 Å². The summed E-state index contributed by atoms with van der Waals surface area (Å²) in [6, 6.07) is 26.2. The molecule has 0 saturated carbocycles. The maximum Gasteiger partial charge on any atom is 0.416 e. The number of hydrogen-bond donors (Lipinski definition) is 2. The van der Waals surface area contributed by atoms with E-state index in [9.17, 15) is 27.9 Å². The normalized spacial score (nSPS) is 15.6. The van der Waals surface area contributed by atoms with Crippen LogP contribution in [0.15, 0.2) is 104 Å². The fourth-order valence-electron chi connectivity index (χ4n) is 6.41. The van der Waals surface area contributed by atoms with Gasteiger partial charge in [-0.25, -0.2) is 4.79 Å². The molecule has 2 aliphatic rings. The Morgan fingerprint density at radius 2 is 1.57 bits per heavy atom. The number of alkyl halides is 3. The van der Waals surface area contributed by atoms with Crippen molar-refractivity contribution in [1.29, 1.82) is 0 Å². The van der Waals surface area contributed by atoms with Crippen LogP contribution >= 0.6 is 0 Å². The molecule has 0 fully saturated rings. The third-order valence-corrected chi connectivity index (χ3v) is 8.43. The molecule has 2 amide bonds. The summed E-state index contributed by atoms with van der Waals surface area (Å²) in [7, 11) is 0. The van der Waals surface area contributed by atoms with E-state index in [2.05, 4.69) is 24.0 Å². The second kappa shape index (κ2) is 11.6. The third kappa shape index (κ3) is 5.53. The molecule has 9 heteroatoms. The average molecular weight is 598 g/mol. The first-order chi connectivity index (χ1) is 21.1. The van der Waals surface area contributed by atoms with E-state index >= 15 is 0 Å². The van der Waals surface area contributed by atoms with Crippen LogP contribution in [-0.4, -0.2) is 41.1 Å². The van der Waals surface area contributed by atoms with Gasteiger partial charge in [0.05, 0.1) is 11.6 Å². The summed E-state index contributed by atoms with van der Waals surface area (Å²) in [5, 5.41) is 13.3. The topological polar surface area (TPSA) is 72.9 Å². The zero-order valence-electron chi connectivity index (χ0n) is 23.7. The summed E-state index contributed by atoms with van der Waals surface area (Å²) < 4.78 is 39.8. The number of halogens is 3. The second-order valence-corrected chi connectivity index (χ2v) is 11.1. The van der Waals surface area contributed by atoms with Crippen molar-refractivity contribution in [3.05, 3.63) is 131 Å². The Labute approximate surface area is 253 Å². The van der Waals surface area contributed by atoms with Crippen molar-refractivity contribution in [3.8, 4) is 11.1 Å². The molecule has 0 radical (unpaired) electrons. The van der Waals surface area contributed by atoms with Crippen LogP contribution in [0.5, 0.6) is 0 Å². The van der Waals surface area contributed by atoms with Gasteiger partial charge in [-0.05, 0) is 76.2 Å². The molecule has 0 saturated heterocycles. The van der Waals surface area contributed by atoms with Gasteiger partial charge in [0.15, 0.2) is 0 Å². The van der Waals surface area contributed by atoms with Crippen molar-refractivity contribution >= 4 is 23.4 Å². The molecule has 6 nitrogen and oxygen atoms in total. The maximum atomic E-state index is 13.3.